The SMILES string of the molecule is CC(C)C1CCCN(S(=O)(=O)c2ccc(CCCl)s2)CC1. The lowest BCUT2D eigenvalue weighted by molar-refractivity contribution is 0.341. The predicted octanol–water partition coefficient (Wildman–Crippen LogP) is 3.98. The Kier molecular flexibility index (Phi) is 6.12. The Morgan fingerprint density at radius 3 is 2.76 bits per heavy atom. The van der Waals surface area contributed by atoms with Gasteiger partial charge < -0.3 is 0 Å². The van der Waals surface area contributed by atoms with Gasteiger partial charge in [0.05, 0.1) is 0 Å². The Bertz CT molecular complexity index is 554. The van der Waals surface area contributed by atoms with E-state index in [0.29, 0.717) is 35.0 Å². The van der Waals surface area contributed by atoms with E-state index in [1.807, 2.05) is 6.07 Å². The number of thiophene rings is 1. The largest absolute Gasteiger partial charge is 0.252 e. The van der Waals surface area contributed by atoms with Crippen molar-refractivity contribution in [2.75, 3.05) is 19.0 Å². The molecule has 0 aliphatic carbocycles. The van der Waals surface area contributed by atoms with Gasteiger partial charge in [-0.3, -0.25) is 0 Å². The first kappa shape index (κ1) is 17.3. The van der Waals surface area contributed by atoms with Crippen LogP contribution in [0.1, 0.15) is 38.0 Å². The Morgan fingerprint density at radius 1 is 1.33 bits per heavy atom. The van der Waals surface area contributed by atoms with Crippen molar-refractivity contribution in [1.29, 1.82) is 0 Å². The van der Waals surface area contributed by atoms with Crippen molar-refractivity contribution in [3.63, 3.8) is 0 Å². The van der Waals surface area contributed by atoms with E-state index in [1.165, 1.54) is 11.3 Å². The van der Waals surface area contributed by atoms with Gasteiger partial charge in [0.1, 0.15) is 4.21 Å². The maximum atomic E-state index is 12.7. The minimum Gasteiger partial charge on any atom is -0.206 e. The van der Waals surface area contributed by atoms with Gasteiger partial charge in [-0.05, 0) is 49.7 Å². The number of sulfonamides is 1. The highest BCUT2D eigenvalue weighted by Crippen LogP contribution is 2.30. The molecular formula is C15H24ClNO2S2. The molecule has 1 saturated heterocycles. The number of rotatable bonds is 5. The third-order valence-corrected chi connectivity index (χ3v) is 7.95. The van der Waals surface area contributed by atoms with Crippen LogP contribution in [-0.4, -0.2) is 31.7 Å². The lowest BCUT2D eigenvalue weighted by Gasteiger charge is -2.20. The van der Waals surface area contributed by atoms with Crippen LogP contribution in [0.25, 0.3) is 0 Å². The van der Waals surface area contributed by atoms with Crippen molar-refractivity contribution in [3.05, 3.63) is 17.0 Å². The van der Waals surface area contributed by atoms with Crippen molar-refractivity contribution in [1.82, 2.24) is 4.31 Å². The number of aryl methyl sites for hydroxylation is 1. The summed E-state index contributed by atoms with van der Waals surface area (Å²) in [7, 11) is -3.32. The minimum atomic E-state index is -3.32. The highest BCUT2D eigenvalue weighted by atomic mass is 35.5. The van der Waals surface area contributed by atoms with Crippen molar-refractivity contribution < 1.29 is 8.42 Å². The highest BCUT2D eigenvalue weighted by molar-refractivity contribution is 7.91. The first-order chi connectivity index (χ1) is 9.95. The molecule has 1 atom stereocenters. The second-order valence-electron chi connectivity index (χ2n) is 6.00. The molecule has 0 aromatic carbocycles. The average molecular weight is 350 g/mol. The van der Waals surface area contributed by atoms with E-state index in [2.05, 4.69) is 13.8 Å². The highest BCUT2D eigenvalue weighted by Gasteiger charge is 2.29. The van der Waals surface area contributed by atoms with Crippen molar-refractivity contribution in [2.45, 2.75) is 43.7 Å². The summed E-state index contributed by atoms with van der Waals surface area (Å²) >= 11 is 7.08. The predicted molar refractivity (Wildman–Crippen MR) is 89.7 cm³/mol. The van der Waals surface area contributed by atoms with Crippen molar-refractivity contribution >= 4 is 33.0 Å². The minimum absolute atomic E-state index is 0.464. The third kappa shape index (κ3) is 4.21. The van der Waals surface area contributed by atoms with E-state index in [4.69, 9.17) is 11.6 Å². The molecule has 0 saturated carbocycles. The Morgan fingerprint density at radius 2 is 2.10 bits per heavy atom. The van der Waals surface area contributed by atoms with Gasteiger partial charge in [0.2, 0.25) is 0 Å². The standard InChI is InChI=1S/C15H24ClNO2S2/c1-12(2)13-4-3-10-17(11-8-13)21(18,19)15-6-5-14(20-15)7-9-16/h5-6,12-13H,3-4,7-11H2,1-2H3. The number of halogens is 1. The van der Waals surface area contributed by atoms with Gasteiger partial charge in [0.25, 0.3) is 10.0 Å². The topological polar surface area (TPSA) is 37.4 Å². The zero-order valence-corrected chi connectivity index (χ0v) is 15.1. The van der Waals surface area contributed by atoms with Gasteiger partial charge in [0.15, 0.2) is 0 Å². The molecule has 0 radical (unpaired) electrons. The number of hydrogen-bond donors (Lipinski definition) is 0. The quantitative estimate of drug-likeness (QED) is 0.754. The van der Waals surface area contributed by atoms with E-state index in [1.54, 1.807) is 10.4 Å². The van der Waals surface area contributed by atoms with Crippen LogP contribution in [0.3, 0.4) is 0 Å². The molecule has 120 valence electrons. The van der Waals surface area contributed by atoms with Gasteiger partial charge >= 0.3 is 0 Å². The Balaban J connectivity index is 2.11. The molecule has 1 unspecified atom stereocenters. The fraction of sp³-hybridized carbons (Fsp3) is 0.733. The van der Waals surface area contributed by atoms with Crippen LogP contribution in [0, 0.1) is 11.8 Å². The van der Waals surface area contributed by atoms with Crippen LogP contribution >= 0.6 is 22.9 Å². The fourth-order valence-electron chi connectivity index (χ4n) is 2.85. The molecule has 2 heterocycles. The van der Waals surface area contributed by atoms with Gasteiger partial charge in [-0.15, -0.1) is 22.9 Å². The number of hydrogen-bond acceptors (Lipinski definition) is 3. The molecule has 0 spiro atoms. The summed E-state index contributed by atoms with van der Waals surface area (Å²) in [6, 6.07) is 3.61. The summed E-state index contributed by atoms with van der Waals surface area (Å²) in [5.74, 6) is 1.80. The van der Waals surface area contributed by atoms with E-state index in [9.17, 15) is 8.42 Å². The molecule has 0 N–H and O–H groups in total. The molecule has 0 amide bonds. The first-order valence-electron chi connectivity index (χ1n) is 7.60. The molecule has 1 aliphatic rings. The smallest absolute Gasteiger partial charge is 0.206 e. The Hall–Kier alpha value is -0.100. The zero-order chi connectivity index (χ0) is 15.5. The maximum Gasteiger partial charge on any atom is 0.252 e. The summed E-state index contributed by atoms with van der Waals surface area (Å²) in [5, 5.41) is 0. The second-order valence-corrected chi connectivity index (χ2v) is 9.71. The molecule has 21 heavy (non-hydrogen) atoms. The number of alkyl halides is 1. The molecule has 2 rings (SSSR count). The lowest BCUT2D eigenvalue weighted by atomic mass is 9.89. The first-order valence-corrected chi connectivity index (χ1v) is 10.4. The molecule has 1 fully saturated rings. The molecular weight excluding hydrogens is 326 g/mol. The van der Waals surface area contributed by atoms with Crippen LogP contribution in [0.5, 0.6) is 0 Å². The molecule has 1 aliphatic heterocycles. The van der Waals surface area contributed by atoms with E-state index in [0.717, 1.165) is 30.6 Å². The third-order valence-electron chi connectivity index (χ3n) is 4.25. The zero-order valence-electron chi connectivity index (χ0n) is 12.7. The van der Waals surface area contributed by atoms with E-state index in [-0.39, 0.29) is 0 Å². The van der Waals surface area contributed by atoms with E-state index < -0.39 is 10.0 Å². The van der Waals surface area contributed by atoms with Gasteiger partial charge in [-0.2, -0.15) is 4.31 Å². The molecule has 3 nitrogen and oxygen atoms in total. The monoisotopic (exact) mass is 349 g/mol. The lowest BCUT2D eigenvalue weighted by Crippen LogP contribution is -2.31. The van der Waals surface area contributed by atoms with Gasteiger partial charge in [-0.1, -0.05) is 13.8 Å². The van der Waals surface area contributed by atoms with Crippen molar-refractivity contribution in [3.8, 4) is 0 Å². The summed E-state index contributed by atoms with van der Waals surface area (Å²) < 4.78 is 27.6. The molecule has 1 aromatic heterocycles. The van der Waals surface area contributed by atoms with Crippen LogP contribution in [-0.2, 0) is 16.4 Å². The molecule has 6 heteroatoms. The Labute approximate surface area is 137 Å². The molecule has 1 aromatic rings. The molecule has 0 bridgehead atoms. The van der Waals surface area contributed by atoms with Crippen LogP contribution in [0.15, 0.2) is 16.3 Å². The summed E-state index contributed by atoms with van der Waals surface area (Å²) in [6.45, 7) is 5.75. The normalized spacial score (nSPS) is 21.6. The summed E-state index contributed by atoms with van der Waals surface area (Å²) in [5.41, 5.74) is 0. The van der Waals surface area contributed by atoms with Crippen LogP contribution in [0.2, 0.25) is 0 Å². The second kappa shape index (κ2) is 7.44. The number of nitrogens with zero attached hydrogens (tertiary/aromatic N) is 1. The maximum absolute atomic E-state index is 12.7. The van der Waals surface area contributed by atoms with Gasteiger partial charge in [0, 0.05) is 23.8 Å². The summed E-state index contributed by atoms with van der Waals surface area (Å²) in [6.07, 6.45) is 3.79. The van der Waals surface area contributed by atoms with Crippen LogP contribution in [0.4, 0.5) is 0 Å². The van der Waals surface area contributed by atoms with Crippen molar-refractivity contribution in [2.24, 2.45) is 11.8 Å². The average Bonchev–Trinajstić information content (AvgIpc) is 2.75. The fourth-order valence-corrected chi connectivity index (χ4v) is 6.17. The van der Waals surface area contributed by atoms with Crippen LogP contribution < -0.4 is 0 Å². The van der Waals surface area contributed by atoms with Gasteiger partial charge in [-0.25, -0.2) is 8.42 Å². The van der Waals surface area contributed by atoms with E-state index >= 15 is 0 Å². The summed E-state index contributed by atoms with van der Waals surface area (Å²) in [4.78, 5) is 1.04.